The summed E-state index contributed by atoms with van der Waals surface area (Å²) in [6, 6.07) is 18.7. The number of likely N-dealkylation sites (N-methyl/N-ethyl adjacent to an activating group) is 1. The van der Waals surface area contributed by atoms with Gasteiger partial charge in [-0.2, -0.15) is 0 Å². The molecule has 1 aliphatic rings. The molecule has 198 valence electrons. The van der Waals surface area contributed by atoms with E-state index in [-0.39, 0.29) is 11.9 Å². The number of halogens is 1. The van der Waals surface area contributed by atoms with E-state index in [2.05, 4.69) is 72.5 Å². The summed E-state index contributed by atoms with van der Waals surface area (Å²) in [5.74, 6) is 1.40. The second-order valence-electron chi connectivity index (χ2n) is 10.2. The van der Waals surface area contributed by atoms with Gasteiger partial charge in [-0.05, 0) is 70.1 Å². The molecular formula is C30H39ClN4O2. The molecule has 1 saturated heterocycles. The number of hydrogen-bond donors (Lipinski definition) is 2. The van der Waals surface area contributed by atoms with Crippen LogP contribution in [-0.4, -0.2) is 61.5 Å². The molecule has 2 atom stereocenters. The number of rotatable bonds is 10. The topological polar surface area (TPSA) is 60.8 Å². The number of carbonyl (C=O) groups is 1. The Morgan fingerprint density at radius 1 is 1.14 bits per heavy atom. The predicted octanol–water partition coefficient (Wildman–Crippen LogP) is 5.52. The highest BCUT2D eigenvalue weighted by atomic mass is 35.5. The Morgan fingerprint density at radius 2 is 1.92 bits per heavy atom. The zero-order valence-corrected chi connectivity index (χ0v) is 23.1. The third-order valence-corrected chi connectivity index (χ3v) is 7.52. The lowest BCUT2D eigenvalue weighted by Gasteiger charge is -2.38. The van der Waals surface area contributed by atoms with E-state index in [1.54, 1.807) is 6.07 Å². The Hall–Kier alpha value is -2.64. The number of benzene rings is 2. The monoisotopic (exact) mass is 522 g/mol. The molecule has 2 heterocycles. The fraction of sp³-hybridized carbons (Fsp3) is 0.433. The van der Waals surface area contributed by atoms with E-state index >= 15 is 0 Å². The van der Waals surface area contributed by atoms with Crippen LogP contribution in [0.2, 0.25) is 5.02 Å². The number of aryl methyl sites for hydroxylation is 1. The number of furan rings is 1. The minimum absolute atomic E-state index is 0.154. The van der Waals surface area contributed by atoms with Gasteiger partial charge in [0, 0.05) is 50.4 Å². The van der Waals surface area contributed by atoms with Crippen LogP contribution in [-0.2, 0) is 6.54 Å². The SMILES string of the molecule is Cc1ccc(C(C)NCc2ccc(-c3ccc(Cl)c(C(=O)NCCCN4CCN(C)CC4C)c3)o2)cc1. The summed E-state index contributed by atoms with van der Waals surface area (Å²) in [5, 5.41) is 6.99. The minimum Gasteiger partial charge on any atom is -0.460 e. The van der Waals surface area contributed by atoms with Crippen molar-refractivity contribution < 1.29 is 9.21 Å². The second kappa shape index (κ2) is 12.7. The highest BCUT2D eigenvalue weighted by Gasteiger charge is 2.21. The predicted molar refractivity (Wildman–Crippen MR) is 151 cm³/mol. The first-order chi connectivity index (χ1) is 17.8. The standard InChI is InChI=1S/C30H39ClN4O2/c1-21-6-8-24(9-7-21)23(3)33-19-26-11-13-29(37-26)25-10-12-28(31)27(18-25)30(36)32-14-5-15-35-17-16-34(4)20-22(35)2/h6-13,18,22-23,33H,5,14-17,19-20H2,1-4H3,(H,32,36). The summed E-state index contributed by atoms with van der Waals surface area (Å²) in [4.78, 5) is 17.7. The van der Waals surface area contributed by atoms with Gasteiger partial charge in [0.05, 0.1) is 17.1 Å². The molecule has 0 radical (unpaired) electrons. The van der Waals surface area contributed by atoms with Gasteiger partial charge in [0.2, 0.25) is 0 Å². The molecule has 37 heavy (non-hydrogen) atoms. The number of hydrogen-bond acceptors (Lipinski definition) is 5. The van der Waals surface area contributed by atoms with Crippen molar-refractivity contribution in [2.24, 2.45) is 0 Å². The first kappa shape index (κ1) is 27.4. The molecular weight excluding hydrogens is 484 g/mol. The summed E-state index contributed by atoms with van der Waals surface area (Å²) in [6.45, 7) is 12.0. The molecule has 0 spiro atoms. The zero-order valence-electron chi connectivity index (χ0n) is 22.4. The first-order valence-electron chi connectivity index (χ1n) is 13.2. The maximum Gasteiger partial charge on any atom is 0.252 e. The third-order valence-electron chi connectivity index (χ3n) is 7.19. The molecule has 1 amide bonds. The largest absolute Gasteiger partial charge is 0.460 e. The molecule has 0 aliphatic carbocycles. The van der Waals surface area contributed by atoms with Crippen LogP contribution in [0, 0.1) is 6.92 Å². The first-order valence-corrected chi connectivity index (χ1v) is 13.6. The molecule has 1 aromatic heterocycles. The van der Waals surface area contributed by atoms with Crippen LogP contribution < -0.4 is 10.6 Å². The lowest BCUT2D eigenvalue weighted by atomic mass is 10.1. The molecule has 0 saturated carbocycles. The van der Waals surface area contributed by atoms with Crippen molar-refractivity contribution in [3.8, 4) is 11.3 Å². The van der Waals surface area contributed by atoms with Gasteiger partial charge in [-0.15, -0.1) is 0 Å². The normalized spacial score (nSPS) is 17.6. The van der Waals surface area contributed by atoms with E-state index in [1.807, 2.05) is 24.3 Å². The summed E-state index contributed by atoms with van der Waals surface area (Å²) in [6.07, 6.45) is 0.909. The fourth-order valence-electron chi connectivity index (χ4n) is 4.80. The highest BCUT2D eigenvalue weighted by Crippen LogP contribution is 2.27. The van der Waals surface area contributed by atoms with Crippen LogP contribution >= 0.6 is 11.6 Å². The van der Waals surface area contributed by atoms with Crippen LogP contribution in [0.15, 0.2) is 59.0 Å². The highest BCUT2D eigenvalue weighted by molar-refractivity contribution is 6.34. The lowest BCUT2D eigenvalue weighted by molar-refractivity contribution is 0.0922. The van der Waals surface area contributed by atoms with Gasteiger partial charge >= 0.3 is 0 Å². The number of nitrogens with zero attached hydrogens (tertiary/aromatic N) is 2. The quantitative estimate of drug-likeness (QED) is 0.343. The Bertz CT molecular complexity index is 1180. The Balaban J connectivity index is 1.30. The van der Waals surface area contributed by atoms with Crippen molar-refractivity contribution in [3.63, 3.8) is 0 Å². The van der Waals surface area contributed by atoms with E-state index < -0.39 is 0 Å². The van der Waals surface area contributed by atoms with Gasteiger partial charge in [0.25, 0.3) is 5.91 Å². The van der Waals surface area contributed by atoms with Crippen molar-refractivity contribution in [1.29, 1.82) is 0 Å². The van der Waals surface area contributed by atoms with Crippen molar-refractivity contribution in [2.75, 3.05) is 39.8 Å². The van der Waals surface area contributed by atoms with E-state index in [9.17, 15) is 4.79 Å². The molecule has 2 aromatic carbocycles. The number of nitrogens with one attached hydrogen (secondary N) is 2. The van der Waals surface area contributed by atoms with E-state index in [0.717, 1.165) is 49.7 Å². The molecule has 7 heteroatoms. The van der Waals surface area contributed by atoms with Crippen LogP contribution in [0.5, 0.6) is 0 Å². The summed E-state index contributed by atoms with van der Waals surface area (Å²) in [5.41, 5.74) is 3.79. The Kier molecular flexibility index (Phi) is 9.43. The summed E-state index contributed by atoms with van der Waals surface area (Å²) < 4.78 is 6.09. The van der Waals surface area contributed by atoms with E-state index in [4.69, 9.17) is 16.0 Å². The Labute approximate surface area is 226 Å². The molecule has 1 aliphatic heterocycles. The van der Waals surface area contributed by atoms with Crippen molar-refractivity contribution in [1.82, 2.24) is 20.4 Å². The van der Waals surface area contributed by atoms with Gasteiger partial charge in [-0.25, -0.2) is 0 Å². The molecule has 2 N–H and O–H groups in total. The lowest BCUT2D eigenvalue weighted by Crippen LogP contribution is -2.50. The molecule has 6 nitrogen and oxygen atoms in total. The van der Waals surface area contributed by atoms with Crippen LogP contribution in [0.3, 0.4) is 0 Å². The average Bonchev–Trinajstić information content (AvgIpc) is 3.36. The molecule has 4 rings (SSSR count). The van der Waals surface area contributed by atoms with Gasteiger partial charge in [-0.1, -0.05) is 41.4 Å². The van der Waals surface area contributed by atoms with Crippen LogP contribution in [0.25, 0.3) is 11.3 Å². The van der Waals surface area contributed by atoms with Gasteiger partial charge in [0.1, 0.15) is 11.5 Å². The summed E-state index contributed by atoms with van der Waals surface area (Å²) in [7, 11) is 2.17. The summed E-state index contributed by atoms with van der Waals surface area (Å²) >= 11 is 6.39. The van der Waals surface area contributed by atoms with Crippen LogP contribution in [0.1, 0.15) is 53.6 Å². The average molecular weight is 523 g/mol. The molecule has 0 bridgehead atoms. The van der Waals surface area contributed by atoms with Crippen molar-refractivity contribution >= 4 is 17.5 Å². The number of carbonyl (C=O) groups excluding carboxylic acids is 1. The molecule has 3 aromatic rings. The molecule has 2 unspecified atom stereocenters. The van der Waals surface area contributed by atoms with Gasteiger partial charge in [-0.3, -0.25) is 9.69 Å². The van der Waals surface area contributed by atoms with Crippen molar-refractivity contribution in [3.05, 3.63) is 82.1 Å². The third kappa shape index (κ3) is 7.45. The number of amides is 1. The number of piperazine rings is 1. The van der Waals surface area contributed by atoms with E-state index in [1.165, 1.54) is 11.1 Å². The Morgan fingerprint density at radius 3 is 2.68 bits per heavy atom. The van der Waals surface area contributed by atoms with Gasteiger partial charge < -0.3 is 20.0 Å². The van der Waals surface area contributed by atoms with Crippen LogP contribution in [0.4, 0.5) is 0 Å². The van der Waals surface area contributed by atoms with Gasteiger partial charge in [0.15, 0.2) is 0 Å². The minimum atomic E-state index is -0.154. The second-order valence-corrected chi connectivity index (χ2v) is 10.6. The zero-order chi connectivity index (χ0) is 26.4. The fourth-order valence-corrected chi connectivity index (χ4v) is 5.00. The maximum atomic E-state index is 12.9. The van der Waals surface area contributed by atoms with Crippen molar-refractivity contribution in [2.45, 2.75) is 45.8 Å². The van der Waals surface area contributed by atoms with E-state index in [0.29, 0.717) is 29.7 Å². The maximum absolute atomic E-state index is 12.9. The smallest absolute Gasteiger partial charge is 0.252 e. The molecule has 1 fully saturated rings.